The smallest absolute Gasteiger partial charge is 0.231 e. The van der Waals surface area contributed by atoms with E-state index in [0.717, 1.165) is 16.7 Å². The lowest BCUT2D eigenvalue weighted by atomic mass is 9.92. The van der Waals surface area contributed by atoms with Crippen LogP contribution in [-0.4, -0.2) is 17.1 Å². The van der Waals surface area contributed by atoms with Gasteiger partial charge in [-0.05, 0) is 54.8 Å². The van der Waals surface area contributed by atoms with Gasteiger partial charge < -0.3 is 9.15 Å². The maximum Gasteiger partial charge on any atom is 0.231 e. The van der Waals surface area contributed by atoms with Gasteiger partial charge in [0.25, 0.3) is 0 Å². The van der Waals surface area contributed by atoms with Crippen LogP contribution in [0.1, 0.15) is 11.1 Å². The summed E-state index contributed by atoms with van der Waals surface area (Å²) >= 11 is 19.5. The second kappa shape index (κ2) is 7.48. The van der Waals surface area contributed by atoms with Gasteiger partial charge in [0, 0.05) is 11.1 Å². The molecule has 0 aliphatic carbocycles. The van der Waals surface area contributed by atoms with Crippen LogP contribution in [0.25, 0.3) is 33.6 Å². The number of furan rings is 1. The molecular weight excluding hydrogens is 438 g/mol. The number of aromatic nitrogens is 2. The fraction of sp³-hybridized carbons (Fsp3) is 0.143. The van der Waals surface area contributed by atoms with Gasteiger partial charge in [-0.2, -0.15) is 0 Å². The molecule has 8 heteroatoms. The molecule has 2 aromatic heterocycles. The number of methoxy groups -OCH3 is 1. The minimum atomic E-state index is -0.355. The van der Waals surface area contributed by atoms with Crippen molar-refractivity contribution in [3.63, 3.8) is 0 Å². The topological polar surface area (TPSA) is 48.2 Å². The molecule has 4 nitrogen and oxygen atoms in total. The van der Waals surface area contributed by atoms with Gasteiger partial charge in [0.2, 0.25) is 5.71 Å². The molecule has 29 heavy (non-hydrogen) atoms. The van der Waals surface area contributed by atoms with Gasteiger partial charge in [0.15, 0.2) is 5.75 Å². The Morgan fingerprint density at radius 3 is 2.14 bits per heavy atom. The summed E-state index contributed by atoms with van der Waals surface area (Å²) in [6, 6.07) is 5.95. The lowest BCUT2D eigenvalue weighted by molar-refractivity contribution is 0.414. The van der Waals surface area contributed by atoms with Crippen LogP contribution in [0, 0.1) is 19.7 Å². The third-order valence-electron chi connectivity index (χ3n) is 4.81. The van der Waals surface area contributed by atoms with Gasteiger partial charge in [0.1, 0.15) is 23.1 Å². The lowest BCUT2D eigenvalue weighted by Crippen LogP contribution is -1.97. The zero-order valence-electron chi connectivity index (χ0n) is 15.6. The van der Waals surface area contributed by atoms with Crippen molar-refractivity contribution in [3.05, 3.63) is 62.7 Å². The molecule has 0 aliphatic heterocycles. The van der Waals surface area contributed by atoms with E-state index in [-0.39, 0.29) is 11.0 Å². The van der Waals surface area contributed by atoms with Crippen LogP contribution in [0.3, 0.4) is 0 Å². The zero-order chi connectivity index (χ0) is 20.9. The van der Waals surface area contributed by atoms with Gasteiger partial charge in [-0.3, -0.25) is 0 Å². The van der Waals surface area contributed by atoms with E-state index in [2.05, 4.69) is 9.97 Å². The number of hydrogen-bond acceptors (Lipinski definition) is 4. The number of nitrogens with zero attached hydrogens (tertiary/aromatic N) is 2. The Balaban J connectivity index is 2.17. The molecule has 0 saturated carbocycles. The summed E-state index contributed by atoms with van der Waals surface area (Å²) in [7, 11) is 1.51. The first-order valence-corrected chi connectivity index (χ1v) is 9.70. The summed E-state index contributed by atoms with van der Waals surface area (Å²) in [5, 5.41) is 1.51. The molecule has 0 spiro atoms. The quantitative estimate of drug-likeness (QED) is 0.307. The molecule has 4 aromatic rings. The van der Waals surface area contributed by atoms with Gasteiger partial charge >= 0.3 is 0 Å². The highest BCUT2D eigenvalue weighted by molar-refractivity contribution is 6.39. The normalized spacial score (nSPS) is 11.3. The predicted molar refractivity (Wildman–Crippen MR) is 114 cm³/mol. The molecule has 0 unspecified atom stereocenters. The molecule has 0 bridgehead atoms. The van der Waals surface area contributed by atoms with Gasteiger partial charge in [-0.25, -0.2) is 14.4 Å². The summed E-state index contributed by atoms with van der Waals surface area (Å²) in [4.78, 5) is 8.30. The van der Waals surface area contributed by atoms with E-state index in [4.69, 9.17) is 44.0 Å². The van der Waals surface area contributed by atoms with E-state index in [9.17, 15) is 4.39 Å². The Kier molecular flexibility index (Phi) is 5.15. The second-order valence-corrected chi connectivity index (χ2v) is 7.56. The third kappa shape index (κ3) is 3.14. The van der Waals surface area contributed by atoms with E-state index in [1.165, 1.54) is 25.6 Å². The molecule has 0 atom stereocenters. The average molecular weight is 452 g/mol. The van der Waals surface area contributed by atoms with Crippen molar-refractivity contribution in [1.29, 1.82) is 0 Å². The Morgan fingerprint density at radius 1 is 0.931 bits per heavy atom. The second-order valence-electron chi connectivity index (χ2n) is 6.44. The molecule has 0 fully saturated rings. The number of rotatable bonds is 3. The van der Waals surface area contributed by atoms with Gasteiger partial charge in [0.05, 0.1) is 22.5 Å². The number of fused-ring (bicyclic) bond motifs is 1. The standard InChI is InChI=1S/C21H14Cl3FN2O2/c1-9-13(10(2)17(23)19(28-3)16(9)22)14-15-20(24)26-8-27-21(15)29-18(14)11-4-6-12(25)7-5-11/h4-8H,1-3H3. The first-order valence-electron chi connectivity index (χ1n) is 8.56. The van der Waals surface area contributed by atoms with Crippen LogP contribution in [0.2, 0.25) is 15.2 Å². The SMILES string of the molecule is COc1c(Cl)c(C)c(-c2c(-c3ccc(F)cc3)oc3ncnc(Cl)c23)c(C)c1Cl. The molecule has 148 valence electrons. The van der Waals surface area contributed by atoms with Crippen molar-refractivity contribution < 1.29 is 13.5 Å². The Bertz CT molecular complexity index is 1220. The molecular formula is C21H14Cl3FN2O2. The summed E-state index contributed by atoms with van der Waals surface area (Å²) in [5.41, 5.74) is 3.79. The predicted octanol–water partition coefficient (Wildman–Crippen LogP) is 7.28. The van der Waals surface area contributed by atoms with Crippen molar-refractivity contribution in [1.82, 2.24) is 9.97 Å². The van der Waals surface area contributed by atoms with Crippen LogP contribution in [0.15, 0.2) is 35.0 Å². The lowest BCUT2D eigenvalue weighted by Gasteiger charge is -2.17. The summed E-state index contributed by atoms with van der Waals surface area (Å²) in [5.74, 6) is 0.503. The molecule has 2 aromatic carbocycles. The first kappa shape index (κ1) is 20.0. The fourth-order valence-corrected chi connectivity index (χ4v) is 4.23. The fourth-order valence-electron chi connectivity index (χ4n) is 3.43. The minimum absolute atomic E-state index is 0.226. The zero-order valence-corrected chi connectivity index (χ0v) is 17.9. The van der Waals surface area contributed by atoms with Crippen LogP contribution in [0.4, 0.5) is 4.39 Å². The van der Waals surface area contributed by atoms with E-state index < -0.39 is 0 Å². The number of halogens is 4. The highest BCUT2D eigenvalue weighted by Gasteiger charge is 2.27. The molecule has 2 heterocycles. The first-order chi connectivity index (χ1) is 13.8. The Labute approximate surface area is 181 Å². The van der Waals surface area contributed by atoms with Crippen molar-refractivity contribution >= 4 is 45.9 Å². The minimum Gasteiger partial charge on any atom is -0.494 e. The van der Waals surface area contributed by atoms with Crippen LogP contribution in [0.5, 0.6) is 5.75 Å². The number of ether oxygens (including phenoxy) is 1. The number of hydrogen-bond donors (Lipinski definition) is 0. The Morgan fingerprint density at radius 2 is 1.55 bits per heavy atom. The molecule has 0 amide bonds. The molecule has 0 aliphatic rings. The van der Waals surface area contributed by atoms with Crippen molar-refractivity contribution in [2.75, 3.05) is 7.11 Å². The monoisotopic (exact) mass is 450 g/mol. The third-order valence-corrected chi connectivity index (χ3v) is 6.01. The average Bonchev–Trinajstić information content (AvgIpc) is 3.08. The van der Waals surface area contributed by atoms with Crippen LogP contribution >= 0.6 is 34.8 Å². The maximum absolute atomic E-state index is 13.5. The largest absolute Gasteiger partial charge is 0.494 e. The van der Waals surface area contributed by atoms with Crippen LogP contribution in [-0.2, 0) is 0 Å². The summed E-state index contributed by atoms with van der Waals surface area (Å²) < 4.78 is 24.9. The van der Waals surface area contributed by atoms with E-state index >= 15 is 0 Å². The van der Waals surface area contributed by atoms with E-state index in [1.807, 2.05) is 13.8 Å². The Hall–Kier alpha value is -2.34. The van der Waals surface area contributed by atoms with E-state index in [0.29, 0.717) is 43.8 Å². The van der Waals surface area contributed by atoms with Crippen molar-refractivity contribution in [3.8, 4) is 28.2 Å². The van der Waals surface area contributed by atoms with Crippen LogP contribution < -0.4 is 4.74 Å². The van der Waals surface area contributed by atoms with Gasteiger partial charge in [-0.1, -0.05) is 34.8 Å². The molecule has 0 saturated heterocycles. The summed E-state index contributed by atoms with van der Waals surface area (Å²) in [6.07, 6.45) is 1.32. The van der Waals surface area contributed by atoms with Crippen molar-refractivity contribution in [2.24, 2.45) is 0 Å². The summed E-state index contributed by atoms with van der Waals surface area (Å²) in [6.45, 7) is 3.71. The van der Waals surface area contributed by atoms with E-state index in [1.54, 1.807) is 12.1 Å². The molecule has 4 rings (SSSR count). The highest BCUT2D eigenvalue weighted by atomic mass is 35.5. The molecule has 0 radical (unpaired) electrons. The maximum atomic E-state index is 13.5. The molecule has 0 N–H and O–H groups in total. The van der Waals surface area contributed by atoms with Crippen molar-refractivity contribution in [2.45, 2.75) is 13.8 Å². The number of benzene rings is 2. The highest BCUT2D eigenvalue weighted by Crippen LogP contribution is 2.50. The van der Waals surface area contributed by atoms with Gasteiger partial charge in [-0.15, -0.1) is 0 Å².